The summed E-state index contributed by atoms with van der Waals surface area (Å²) in [4.78, 5) is 27.7. The minimum absolute atomic E-state index is 0.00571. The van der Waals surface area contributed by atoms with Crippen LogP contribution in [0.4, 0.5) is 5.69 Å². The number of rotatable bonds is 8. The third-order valence-electron chi connectivity index (χ3n) is 6.46. The first kappa shape index (κ1) is 22.8. The quantitative estimate of drug-likeness (QED) is 0.636. The predicted octanol–water partition coefficient (Wildman–Crippen LogP) is 3.74. The first-order chi connectivity index (χ1) is 15.5. The molecule has 2 amide bonds. The van der Waals surface area contributed by atoms with E-state index in [1.807, 2.05) is 48.5 Å². The van der Waals surface area contributed by atoms with E-state index >= 15 is 0 Å². The van der Waals surface area contributed by atoms with Crippen LogP contribution in [0.3, 0.4) is 0 Å². The molecule has 0 unspecified atom stereocenters. The maximum atomic E-state index is 13.1. The van der Waals surface area contributed by atoms with Gasteiger partial charge in [0.05, 0.1) is 18.6 Å². The molecule has 32 heavy (non-hydrogen) atoms. The highest BCUT2D eigenvalue weighted by Crippen LogP contribution is 2.44. The van der Waals surface area contributed by atoms with Crippen LogP contribution in [0.1, 0.15) is 36.8 Å². The van der Waals surface area contributed by atoms with E-state index in [4.69, 9.17) is 16.3 Å². The van der Waals surface area contributed by atoms with Crippen LogP contribution in [0.5, 0.6) is 0 Å². The van der Waals surface area contributed by atoms with E-state index in [1.165, 1.54) is 0 Å². The molecule has 1 aliphatic heterocycles. The van der Waals surface area contributed by atoms with Gasteiger partial charge in [0.1, 0.15) is 0 Å². The Morgan fingerprint density at radius 2 is 1.81 bits per heavy atom. The highest BCUT2D eigenvalue weighted by atomic mass is 35.5. The Balaban J connectivity index is 1.30. The number of amides is 2. The molecular weight excluding hydrogens is 426 g/mol. The average Bonchev–Trinajstić information content (AvgIpc) is 2.78. The monoisotopic (exact) mass is 455 g/mol. The molecule has 2 fully saturated rings. The standard InChI is InChI=1S/C25H30ClN3O3/c26-21-7-5-20(6-8-21)25(10-2-11-25)24(31)27-18-19-3-1-4-22(17-19)28-23(30)9-12-29-13-15-32-16-14-29/h1,3-8,17H,2,9-16,18H2,(H,27,31)(H,28,30). The van der Waals surface area contributed by atoms with Gasteiger partial charge in [-0.15, -0.1) is 0 Å². The molecule has 0 aromatic heterocycles. The van der Waals surface area contributed by atoms with Crippen LogP contribution in [0.2, 0.25) is 5.02 Å². The van der Waals surface area contributed by atoms with Crippen molar-refractivity contribution in [2.75, 3.05) is 38.2 Å². The fourth-order valence-electron chi connectivity index (χ4n) is 4.36. The summed E-state index contributed by atoms with van der Waals surface area (Å²) in [5, 5.41) is 6.75. The first-order valence-corrected chi connectivity index (χ1v) is 11.7. The average molecular weight is 456 g/mol. The molecule has 2 aromatic rings. The molecule has 2 aliphatic rings. The van der Waals surface area contributed by atoms with E-state index in [-0.39, 0.29) is 11.8 Å². The highest BCUT2D eigenvalue weighted by Gasteiger charge is 2.45. The van der Waals surface area contributed by atoms with Crippen molar-refractivity contribution in [3.8, 4) is 0 Å². The normalized spacial score (nSPS) is 17.9. The van der Waals surface area contributed by atoms with Gasteiger partial charge >= 0.3 is 0 Å². The summed E-state index contributed by atoms with van der Waals surface area (Å²) in [6.07, 6.45) is 3.19. The number of anilines is 1. The third-order valence-corrected chi connectivity index (χ3v) is 6.71. The Kier molecular flexibility index (Phi) is 7.45. The van der Waals surface area contributed by atoms with E-state index < -0.39 is 5.41 Å². The Morgan fingerprint density at radius 1 is 1.06 bits per heavy atom. The number of halogens is 1. The second-order valence-corrected chi connectivity index (χ2v) is 9.01. The Bertz CT molecular complexity index is 938. The molecule has 0 spiro atoms. The number of hydrogen-bond acceptors (Lipinski definition) is 4. The largest absolute Gasteiger partial charge is 0.379 e. The molecule has 170 valence electrons. The predicted molar refractivity (Wildman–Crippen MR) is 126 cm³/mol. The van der Waals surface area contributed by atoms with E-state index in [2.05, 4.69) is 15.5 Å². The van der Waals surface area contributed by atoms with Crippen molar-refractivity contribution in [2.24, 2.45) is 0 Å². The van der Waals surface area contributed by atoms with Gasteiger partial charge in [-0.25, -0.2) is 0 Å². The van der Waals surface area contributed by atoms with Gasteiger partial charge in [-0.1, -0.05) is 42.3 Å². The van der Waals surface area contributed by atoms with Crippen molar-refractivity contribution in [2.45, 2.75) is 37.6 Å². The second-order valence-electron chi connectivity index (χ2n) is 8.58. The zero-order valence-corrected chi connectivity index (χ0v) is 19.0. The summed E-state index contributed by atoms with van der Waals surface area (Å²) < 4.78 is 5.34. The van der Waals surface area contributed by atoms with Gasteiger partial charge in [-0.2, -0.15) is 0 Å². The van der Waals surface area contributed by atoms with Gasteiger partial charge in [-0.05, 0) is 48.2 Å². The van der Waals surface area contributed by atoms with Crippen molar-refractivity contribution >= 4 is 29.1 Å². The van der Waals surface area contributed by atoms with Crippen LogP contribution in [-0.2, 0) is 26.3 Å². The zero-order valence-electron chi connectivity index (χ0n) is 18.2. The third kappa shape index (κ3) is 5.49. The minimum Gasteiger partial charge on any atom is -0.379 e. The highest BCUT2D eigenvalue weighted by molar-refractivity contribution is 6.30. The molecule has 6 nitrogen and oxygen atoms in total. The summed E-state index contributed by atoms with van der Waals surface area (Å²) in [6.45, 7) is 4.37. The van der Waals surface area contributed by atoms with Gasteiger partial charge in [0, 0.05) is 43.3 Å². The molecule has 1 heterocycles. The molecule has 4 rings (SSSR count). The zero-order chi connectivity index (χ0) is 22.4. The lowest BCUT2D eigenvalue weighted by Crippen LogP contribution is -2.48. The van der Waals surface area contributed by atoms with E-state index in [1.54, 1.807) is 0 Å². The van der Waals surface area contributed by atoms with Crippen molar-refractivity contribution in [3.63, 3.8) is 0 Å². The molecule has 0 bridgehead atoms. The Labute approximate surface area is 194 Å². The maximum absolute atomic E-state index is 13.1. The number of morpholine rings is 1. The van der Waals surface area contributed by atoms with Crippen LogP contribution in [0.25, 0.3) is 0 Å². The number of nitrogens with one attached hydrogen (secondary N) is 2. The van der Waals surface area contributed by atoms with E-state index in [0.717, 1.165) is 68.9 Å². The molecule has 2 N–H and O–H groups in total. The lowest BCUT2D eigenvalue weighted by atomic mass is 9.64. The number of ether oxygens (including phenoxy) is 1. The Morgan fingerprint density at radius 3 is 2.50 bits per heavy atom. The van der Waals surface area contributed by atoms with Crippen LogP contribution >= 0.6 is 11.6 Å². The van der Waals surface area contributed by atoms with Gasteiger partial charge in [-0.3, -0.25) is 14.5 Å². The van der Waals surface area contributed by atoms with Crippen molar-refractivity contribution in [1.82, 2.24) is 10.2 Å². The number of benzene rings is 2. The molecule has 1 saturated heterocycles. The lowest BCUT2D eigenvalue weighted by Gasteiger charge is -2.40. The van der Waals surface area contributed by atoms with E-state index in [9.17, 15) is 9.59 Å². The van der Waals surface area contributed by atoms with Gasteiger partial charge < -0.3 is 15.4 Å². The van der Waals surface area contributed by atoms with Crippen LogP contribution in [0, 0.1) is 0 Å². The summed E-state index contributed by atoms with van der Waals surface area (Å²) in [5.41, 5.74) is 2.26. The molecule has 1 saturated carbocycles. The number of hydrogen-bond donors (Lipinski definition) is 2. The molecule has 2 aromatic carbocycles. The lowest BCUT2D eigenvalue weighted by molar-refractivity contribution is -0.130. The van der Waals surface area contributed by atoms with Crippen molar-refractivity contribution in [1.29, 1.82) is 0 Å². The van der Waals surface area contributed by atoms with Crippen LogP contribution < -0.4 is 10.6 Å². The van der Waals surface area contributed by atoms with Crippen molar-refractivity contribution in [3.05, 3.63) is 64.7 Å². The number of carbonyl (C=O) groups is 2. The van der Waals surface area contributed by atoms with Gasteiger partial charge in [0.2, 0.25) is 11.8 Å². The first-order valence-electron chi connectivity index (χ1n) is 11.3. The van der Waals surface area contributed by atoms with E-state index in [0.29, 0.717) is 18.0 Å². The topological polar surface area (TPSA) is 70.7 Å². The molecular formula is C25H30ClN3O3. The molecule has 7 heteroatoms. The van der Waals surface area contributed by atoms with Crippen LogP contribution in [-0.4, -0.2) is 49.6 Å². The molecule has 0 radical (unpaired) electrons. The number of carbonyl (C=O) groups excluding carboxylic acids is 2. The summed E-state index contributed by atoms with van der Waals surface area (Å²) >= 11 is 6.02. The van der Waals surface area contributed by atoms with Crippen LogP contribution in [0.15, 0.2) is 48.5 Å². The maximum Gasteiger partial charge on any atom is 0.230 e. The second kappa shape index (κ2) is 10.5. The van der Waals surface area contributed by atoms with Crippen molar-refractivity contribution < 1.29 is 14.3 Å². The minimum atomic E-state index is -0.462. The fourth-order valence-corrected chi connectivity index (χ4v) is 4.49. The van der Waals surface area contributed by atoms with Gasteiger partial charge in [0.15, 0.2) is 0 Å². The number of nitrogens with zero attached hydrogens (tertiary/aromatic N) is 1. The summed E-state index contributed by atoms with van der Waals surface area (Å²) in [7, 11) is 0. The molecule has 1 aliphatic carbocycles. The summed E-state index contributed by atoms with van der Waals surface area (Å²) in [5.74, 6) is 0.0415. The Hall–Kier alpha value is -2.41. The molecule has 0 atom stereocenters. The van der Waals surface area contributed by atoms with Gasteiger partial charge in [0.25, 0.3) is 0 Å². The summed E-state index contributed by atoms with van der Waals surface area (Å²) in [6, 6.07) is 15.2. The fraction of sp³-hybridized carbons (Fsp3) is 0.440. The smallest absolute Gasteiger partial charge is 0.230 e. The SMILES string of the molecule is O=C(CCN1CCOCC1)Nc1cccc(CNC(=O)C2(c3ccc(Cl)cc3)CCC2)c1.